The maximum absolute atomic E-state index is 9.74. The molecule has 0 saturated heterocycles. The SMILES string of the molecule is N#CC1(Cc2cccs2)CCCc2ccccc21. The Bertz CT molecular complexity index is 579. The van der Waals surface area contributed by atoms with Crippen LogP contribution in [0.25, 0.3) is 0 Å². The number of nitrogens with zero attached hydrogens (tertiary/aromatic N) is 1. The lowest BCUT2D eigenvalue weighted by Crippen LogP contribution is -2.31. The normalized spacial score (nSPS) is 22.2. The van der Waals surface area contributed by atoms with Crippen LogP contribution in [0.3, 0.4) is 0 Å². The summed E-state index contributed by atoms with van der Waals surface area (Å²) >= 11 is 1.75. The molecule has 18 heavy (non-hydrogen) atoms. The van der Waals surface area contributed by atoms with Crippen LogP contribution >= 0.6 is 11.3 Å². The molecule has 2 heteroatoms. The lowest BCUT2D eigenvalue weighted by atomic mass is 9.69. The average Bonchev–Trinajstić information content (AvgIpc) is 2.92. The molecule has 0 aliphatic heterocycles. The summed E-state index contributed by atoms with van der Waals surface area (Å²) < 4.78 is 0. The highest BCUT2D eigenvalue weighted by atomic mass is 32.1. The molecule has 1 aliphatic rings. The molecule has 0 bridgehead atoms. The van der Waals surface area contributed by atoms with Crippen molar-refractivity contribution in [2.45, 2.75) is 31.1 Å². The second-order valence-electron chi connectivity index (χ2n) is 4.96. The molecule has 0 N–H and O–H groups in total. The lowest BCUT2D eigenvalue weighted by molar-refractivity contribution is 0.453. The highest BCUT2D eigenvalue weighted by Gasteiger charge is 2.36. The predicted octanol–water partition coefficient (Wildman–Crippen LogP) is 4.09. The Morgan fingerprint density at radius 3 is 2.89 bits per heavy atom. The van der Waals surface area contributed by atoms with E-state index in [2.05, 4.69) is 47.8 Å². The molecule has 3 rings (SSSR count). The molecular formula is C16H15NS. The van der Waals surface area contributed by atoms with Gasteiger partial charge in [0.2, 0.25) is 0 Å². The van der Waals surface area contributed by atoms with Crippen molar-refractivity contribution in [1.82, 2.24) is 0 Å². The molecule has 90 valence electrons. The third kappa shape index (κ3) is 1.85. The van der Waals surface area contributed by atoms with Crippen LogP contribution in [0.4, 0.5) is 0 Å². The van der Waals surface area contributed by atoms with Gasteiger partial charge in [-0.25, -0.2) is 0 Å². The summed E-state index contributed by atoms with van der Waals surface area (Å²) in [6, 6.07) is 15.3. The number of hydrogen-bond donors (Lipinski definition) is 0. The van der Waals surface area contributed by atoms with Gasteiger partial charge in [0.1, 0.15) is 0 Å². The number of benzene rings is 1. The van der Waals surface area contributed by atoms with Crippen molar-refractivity contribution in [3.05, 3.63) is 57.8 Å². The third-order valence-corrected chi connectivity index (χ3v) is 4.73. The summed E-state index contributed by atoms with van der Waals surface area (Å²) in [5.74, 6) is 0. The van der Waals surface area contributed by atoms with Gasteiger partial charge in [-0.1, -0.05) is 30.3 Å². The van der Waals surface area contributed by atoms with E-state index in [1.54, 1.807) is 11.3 Å². The van der Waals surface area contributed by atoms with Gasteiger partial charge >= 0.3 is 0 Å². The van der Waals surface area contributed by atoms with Crippen molar-refractivity contribution >= 4 is 11.3 Å². The Kier molecular flexibility index (Phi) is 2.93. The van der Waals surface area contributed by atoms with Crippen molar-refractivity contribution in [2.24, 2.45) is 0 Å². The molecule has 0 radical (unpaired) electrons. The molecule has 1 unspecified atom stereocenters. The van der Waals surface area contributed by atoms with Crippen molar-refractivity contribution in [2.75, 3.05) is 0 Å². The molecule has 2 aromatic rings. The van der Waals surface area contributed by atoms with Crippen LogP contribution in [-0.2, 0) is 18.3 Å². The second-order valence-corrected chi connectivity index (χ2v) is 5.99. The first-order chi connectivity index (χ1) is 8.84. The number of aryl methyl sites for hydroxylation is 1. The predicted molar refractivity (Wildman–Crippen MR) is 74.7 cm³/mol. The van der Waals surface area contributed by atoms with E-state index in [0.29, 0.717) is 0 Å². The monoisotopic (exact) mass is 253 g/mol. The Morgan fingerprint density at radius 2 is 2.11 bits per heavy atom. The van der Waals surface area contributed by atoms with E-state index in [-0.39, 0.29) is 5.41 Å². The molecule has 1 aliphatic carbocycles. The van der Waals surface area contributed by atoms with Gasteiger partial charge in [0.25, 0.3) is 0 Å². The minimum atomic E-state index is -0.306. The molecule has 0 spiro atoms. The number of rotatable bonds is 2. The first kappa shape index (κ1) is 11.5. The quantitative estimate of drug-likeness (QED) is 0.791. The van der Waals surface area contributed by atoms with E-state index >= 15 is 0 Å². The van der Waals surface area contributed by atoms with Crippen LogP contribution in [0.15, 0.2) is 41.8 Å². The number of fused-ring (bicyclic) bond motifs is 1. The van der Waals surface area contributed by atoms with E-state index in [9.17, 15) is 5.26 Å². The fraction of sp³-hybridized carbons (Fsp3) is 0.312. The highest BCUT2D eigenvalue weighted by Crippen LogP contribution is 2.40. The maximum Gasteiger partial charge on any atom is 0.0873 e. The Labute approximate surface area is 112 Å². The van der Waals surface area contributed by atoms with Crippen LogP contribution in [0.1, 0.15) is 28.8 Å². The number of nitriles is 1. The van der Waals surface area contributed by atoms with Gasteiger partial charge in [-0.3, -0.25) is 0 Å². The van der Waals surface area contributed by atoms with E-state index in [4.69, 9.17) is 0 Å². The molecule has 1 atom stereocenters. The Balaban J connectivity index is 2.05. The average molecular weight is 253 g/mol. The molecule has 0 amide bonds. The van der Waals surface area contributed by atoms with Gasteiger partial charge in [-0.15, -0.1) is 11.3 Å². The van der Waals surface area contributed by atoms with E-state index in [1.807, 2.05) is 0 Å². The fourth-order valence-electron chi connectivity index (χ4n) is 2.97. The van der Waals surface area contributed by atoms with Crippen LogP contribution < -0.4 is 0 Å². The molecule has 1 heterocycles. The summed E-state index contributed by atoms with van der Waals surface area (Å²) in [5, 5.41) is 11.8. The van der Waals surface area contributed by atoms with Gasteiger partial charge in [0.05, 0.1) is 11.5 Å². The van der Waals surface area contributed by atoms with E-state index in [0.717, 1.165) is 25.7 Å². The zero-order valence-corrected chi connectivity index (χ0v) is 11.0. The van der Waals surface area contributed by atoms with Crippen molar-refractivity contribution in [1.29, 1.82) is 5.26 Å². The van der Waals surface area contributed by atoms with Crippen LogP contribution in [-0.4, -0.2) is 0 Å². The first-order valence-electron chi connectivity index (χ1n) is 6.36. The lowest BCUT2D eigenvalue weighted by Gasteiger charge is -2.33. The van der Waals surface area contributed by atoms with Crippen molar-refractivity contribution in [3.63, 3.8) is 0 Å². The second kappa shape index (κ2) is 4.59. The summed E-state index contributed by atoms with van der Waals surface area (Å²) in [6.07, 6.45) is 4.08. The highest BCUT2D eigenvalue weighted by molar-refractivity contribution is 7.09. The van der Waals surface area contributed by atoms with Crippen LogP contribution in [0.2, 0.25) is 0 Å². The minimum Gasteiger partial charge on any atom is -0.197 e. The van der Waals surface area contributed by atoms with Gasteiger partial charge in [0.15, 0.2) is 0 Å². The summed E-state index contributed by atoms with van der Waals surface area (Å²) in [7, 11) is 0. The molecule has 1 aromatic carbocycles. The standard InChI is InChI=1S/C16H15NS/c17-12-16(11-14-7-4-10-18-14)9-3-6-13-5-1-2-8-15(13)16/h1-2,4-5,7-8,10H,3,6,9,11H2. The zero-order chi connectivity index (χ0) is 12.4. The summed E-state index contributed by atoms with van der Waals surface area (Å²) in [6.45, 7) is 0. The first-order valence-corrected chi connectivity index (χ1v) is 7.24. The van der Waals surface area contributed by atoms with E-state index in [1.165, 1.54) is 16.0 Å². The van der Waals surface area contributed by atoms with E-state index < -0.39 is 0 Å². The fourth-order valence-corrected chi connectivity index (χ4v) is 3.79. The van der Waals surface area contributed by atoms with Crippen LogP contribution in [0.5, 0.6) is 0 Å². The Morgan fingerprint density at radius 1 is 1.22 bits per heavy atom. The van der Waals surface area contributed by atoms with Gasteiger partial charge in [-0.05, 0) is 41.8 Å². The van der Waals surface area contributed by atoms with Gasteiger partial charge in [-0.2, -0.15) is 5.26 Å². The Hall–Kier alpha value is -1.59. The molecule has 1 nitrogen and oxygen atoms in total. The number of hydrogen-bond acceptors (Lipinski definition) is 2. The maximum atomic E-state index is 9.74. The summed E-state index contributed by atoms with van der Waals surface area (Å²) in [5.41, 5.74) is 2.31. The zero-order valence-electron chi connectivity index (χ0n) is 10.2. The minimum absolute atomic E-state index is 0.306. The number of thiophene rings is 1. The molecule has 0 fully saturated rings. The van der Waals surface area contributed by atoms with Gasteiger partial charge < -0.3 is 0 Å². The topological polar surface area (TPSA) is 23.8 Å². The van der Waals surface area contributed by atoms with Crippen molar-refractivity contribution in [3.8, 4) is 6.07 Å². The van der Waals surface area contributed by atoms with Crippen LogP contribution in [0, 0.1) is 11.3 Å². The molecule has 1 aromatic heterocycles. The van der Waals surface area contributed by atoms with Crippen molar-refractivity contribution < 1.29 is 0 Å². The third-order valence-electron chi connectivity index (χ3n) is 3.85. The largest absolute Gasteiger partial charge is 0.197 e. The molecule has 0 saturated carbocycles. The molecular weight excluding hydrogens is 238 g/mol. The smallest absolute Gasteiger partial charge is 0.0873 e. The summed E-state index contributed by atoms with van der Waals surface area (Å²) in [4.78, 5) is 1.31. The van der Waals surface area contributed by atoms with Gasteiger partial charge in [0, 0.05) is 11.3 Å².